The summed E-state index contributed by atoms with van der Waals surface area (Å²) in [7, 11) is 3.49. The number of morpholine rings is 1. The second-order valence-electron chi connectivity index (χ2n) is 7.13. The van der Waals surface area contributed by atoms with Crippen molar-refractivity contribution in [1.82, 2.24) is 20.4 Å². The van der Waals surface area contributed by atoms with Crippen molar-refractivity contribution in [3.8, 4) is 0 Å². The number of likely N-dealkylation sites (N-methyl/N-ethyl adjacent to an activating group) is 1. The van der Waals surface area contributed by atoms with Crippen molar-refractivity contribution in [2.24, 2.45) is 10.9 Å². The van der Waals surface area contributed by atoms with E-state index in [-0.39, 0.29) is 36.4 Å². The van der Waals surface area contributed by atoms with E-state index in [0.717, 1.165) is 71.5 Å². The molecule has 1 heterocycles. The van der Waals surface area contributed by atoms with Crippen LogP contribution in [-0.4, -0.2) is 101 Å². The number of rotatable bonds is 11. The molecular formula is C18H36IN5O3. The number of amides is 1. The Bertz CT molecular complexity index is 441. The first-order valence-electron chi connectivity index (χ1n) is 9.75. The van der Waals surface area contributed by atoms with Crippen LogP contribution in [0.25, 0.3) is 0 Å². The van der Waals surface area contributed by atoms with Gasteiger partial charge < -0.3 is 25.0 Å². The van der Waals surface area contributed by atoms with Gasteiger partial charge in [0.25, 0.3) is 0 Å². The van der Waals surface area contributed by atoms with Gasteiger partial charge in [0.15, 0.2) is 5.96 Å². The Kier molecular flexibility index (Phi) is 13.0. The molecule has 0 atom stereocenters. The molecule has 2 fully saturated rings. The Morgan fingerprint density at radius 1 is 1.22 bits per heavy atom. The van der Waals surface area contributed by atoms with Crippen molar-refractivity contribution in [2.75, 3.05) is 79.8 Å². The molecule has 0 spiro atoms. The van der Waals surface area contributed by atoms with Gasteiger partial charge in [-0.25, -0.2) is 4.99 Å². The predicted molar refractivity (Wildman–Crippen MR) is 118 cm³/mol. The number of aliphatic imine (C=N–C) groups is 1. The largest absolute Gasteiger partial charge is 0.381 e. The first-order chi connectivity index (χ1) is 12.6. The van der Waals surface area contributed by atoms with Crippen LogP contribution >= 0.6 is 24.0 Å². The van der Waals surface area contributed by atoms with E-state index in [2.05, 4.69) is 20.5 Å². The molecule has 8 nitrogen and oxygen atoms in total. The smallest absolute Gasteiger partial charge is 0.243 e. The van der Waals surface area contributed by atoms with Gasteiger partial charge in [0, 0.05) is 60.0 Å². The quantitative estimate of drug-likeness (QED) is 0.186. The fourth-order valence-electron chi connectivity index (χ4n) is 2.54. The molecule has 0 aromatic rings. The summed E-state index contributed by atoms with van der Waals surface area (Å²) in [5, 5.41) is 6.63. The lowest BCUT2D eigenvalue weighted by atomic mass is 10.4. The summed E-state index contributed by atoms with van der Waals surface area (Å²) in [6, 6.07) is 0. The molecule has 0 bridgehead atoms. The zero-order valence-electron chi connectivity index (χ0n) is 16.7. The number of hydrogen-bond acceptors (Lipinski definition) is 5. The van der Waals surface area contributed by atoms with Crippen LogP contribution in [0.3, 0.4) is 0 Å². The molecule has 0 aromatic heterocycles. The molecule has 1 saturated carbocycles. The molecule has 1 amide bonds. The second kappa shape index (κ2) is 14.4. The molecule has 0 unspecified atom stereocenters. The highest BCUT2D eigenvalue weighted by atomic mass is 127. The minimum Gasteiger partial charge on any atom is -0.381 e. The Balaban J connectivity index is 0.00000364. The maximum Gasteiger partial charge on any atom is 0.243 e. The molecule has 158 valence electrons. The van der Waals surface area contributed by atoms with Crippen molar-refractivity contribution in [1.29, 1.82) is 0 Å². The van der Waals surface area contributed by atoms with Gasteiger partial charge in [0.2, 0.25) is 5.91 Å². The van der Waals surface area contributed by atoms with E-state index in [1.165, 1.54) is 12.8 Å². The first-order valence-corrected chi connectivity index (χ1v) is 9.75. The van der Waals surface area contributed by atoms with E-state index in [1.54, 1.807) is 19.0 Å². The number of guanidine groups is 1. The van der Waals surface area contributed by atoms with E-state index < -0.39 is 0 Å². The number of carbonyl (C=O) groups is 1. The molecule has 9 heteroatoms. The molecule has 1 aliphatic carbocycles. The molecular weight excluding hydrogens is 461 g/mol. The van der Waals surface area contributed by atoms with Gasteiger partial charge in [-0.3, -0.25) is 9.69 Å². The van der Waals surface area contributed by atoms with Crippen LogP contribution < -0.4 is 10.6 Å². The van der Waals surface area contributed by atoms with Crippen molar-refractivity contribution in [3.63, 3.8) is 0 Å². The Labute approximate surface area is 180 Å². The normalized spacial score (nSPS) is 17.9. The van der Waals surface area contributed by atoms with E-state index in [1.807, 2.05) is 0 Å². The summed E-state index contributed by atoms with van der Waals surface area (Å²) in [5.74, 6) is 1.49. The van der Waals surface area contributed by atoms with Gasteiger partial charge in [0.1, 0.15) is 6.54 Å². The maximum absolute atomic E-state index is 11.8. The minimum atomic E-state index is -0.00736. The van der Waals surface area contributed by atoms with Crippen LogP contribution in [-0.2, 0) is 14.3 Å². The zero-order valence-corrected chi connectivity index (χ0v) is 19.1. The highest BCUT2D eigenvalue weighted by molar-refractivity contribution is 14.0. The fraction of sp³-hybridized carbons (Fsp3) is 0.889. The van der Waals surface area contributed by atoms with Crippen LogP contribution in [0.5, 0.6) is 0 Å². The Morgan fingerprint density at radius 2 is 1.93 bits per heavy atom. The molecule has 2 rings (SSSR count). The van der Waals surface area contributed by atoms with E-state index in [0.29, 0.717) is 5.96 Å². The fourth-order valence-corrected chi connectivity index (χ4v) is 2.54. The number of halogens is 1. The third-order valence-electron chi connectivity index (χ3n) is 4.50. The average Bonchev–Trinajstić information content (AvgIpc) is 3.46. The Morgan fingerprint density at radius 3 is 2.59 bits per heavy atom. The maximum atomic E-state index is 11.8. The standard InChI is InChI=1S/C18H35N5O3.HI/c1-22(2)17(24)14-21-18(19-6-3-11-26-15-16-4-5-16)20-7-8-23-9-12-25-13-10-23;/h16H,3-15H2,1-2H3,(H2,19,20,21);1H. The third-order valence-corrected chi connectivity index (χ3v) is 4.50. The van der Waals surface area contributed by atoms with Crippen LogP contribution in [0.4, 0.5) is 0 Å². The molecule has 0 aromatic carbocycles. The molecule has 1 aliphatic heterocycles. The van der Waals surface area contributed by atoms with E-state index >= 15 is 0 Å². The van der Waals surface area contributed by atoms with Crippen molar-refractivity contribution >= 4 is 35.8 Å². The van der Waals surface area contributed by atoms with Crippen LogP contribution in [0.2, 0.25) is 0 Å². The topological polar surface area (TPSA) is 78.4 Å². The van der Waals surface area contributed by atoms with Crippen molar-refractivity contribution in [3.05, 3.63) is 0 Å². The van der Waals surface area contributed by atoms with Gasteiger partial charge in [-0.2, -0.15) is 0 Å². The highest BCUT2D eigenvalue weighted by Crippen LogP contribution is 2.28. The predicted octanol–water partition coefficient (Wildman–Crippen LogP) is 0.377. The van der Waals surface area contributed by atoms with Crippen LogP contribution in [0.15, 0.2) is 4.99 Å². The number of hydrogen-bond donors (Lipinski definition) is 2. The molecule has 0 radical (unpaired) electrons. The monoisotopic (exact) mass is 497 g/mol. The summed E-state index contributed by atoms with van der Waals surface area (Å²) in [5.41, 5.74) is 0. The van der Waals surface area contributed by atoms with Gasteiger partial charge >= 0.3 is 0 Å². The van der Waals surface area contributed by atoms with E-state index in [4.69, 9.17) is 9.47 Å². The SMILES string of the molecule is CN(C)C(=O)CN=C(NCCCOCC1CC1)NCCN1CCOCC1.I. The van der Waals surface area contributed by atoms with E-state index in [9.17, 15) is 4.79 Å². The Hall–Kier alpha value is -0.650. The number of ether oxygens (including phenoxy) is 2. The number of nitrogens with one attached hydrogen (secondary N) is 2. The van der Waals surface area contributed by atoms with Gasteiger partial charge in [-0.1, -0.05) is 0 Å². The highest BCUT2D eigenvalue weighted by Gasteiger charge is 2.20. The van der Waals surface area contributed by atoms with Gasteiger partial charge in [-0.15, -0.1) is 24.0 Å². The first kappa shape index (κ1) is 24.4. The molecule has 2 N–H and O–H groups in total. The number of carbonyl (C=O) groups excluding carboxylic acids is 1. The lowest BCUT2D eigenvalue weighted by Gasteiger charge is -2.26. The summed E-state index contributed by atoms with van der Waals surface area (Å²) in [4.78, 5) is 20.1. The number of nitrogens with zero attached hydrogens (tertiary/aromatic N) is 3. The zero-order chi connectivity index (χ0) is 18.6. The molecule has 2 aliphatic rings. The third kappa shape index (κ3) is 11.7. The van der Waals surface area contributed by atoms with Gasteiger partial charge in [0.05, 0.1) is 13.2 Å². The van der Waals surface area contributed by atoms with Crippen LogP contribution in [0.1, 0.15) is 19.3 Å². The summed E-state index contributed by atoms with van der Waals surface area (Å²) < 4.78 is 11.0. The second-order valence-corrected chi connectivity index (χ2v) is 7.13. The van der Waals surface area contributed by atoms with Crippen LogP contribution in [0, 0.1) is 5.92 Å². The molecule has 1 saturated heterocycles. The summed E-state index contributed by atoms with van der Waals surface area (Å²) >= 11 is 0. The van der Waals surface area contributed by atoms with Gasteiger partial charge in [-0.05, 0) is 25.2 Å². The van der Waals surface area contributed by atoms with Crippen molar-refractivity contribution in [2.45, 2.75) is 19.3 Å². The average molecular weight is 497 g/mol. The molecule has 27 heavy (non-hydrogen) atoms. The lowest BCUT2D eigenvalue weighted by molar-refractivity contribution is -0.127. The van der Waals surface area contributed by atoms with Crippen molar-refractivity contribution < 1.29 is 14.3 Å². The minimum absolute atomic E-state index is 0. The lowest BCUT2D eigenvalue weighted by Crippen LogP contribution is -2.45. The summed E-state index contributed by atoms with van der Waals surface area (Å²) in [6.07, 6.45) is 3.57. The summed E-state index contributed by atoms with van der Waals surface area (Å²) in [6.45, 7) is 7.88.